The minimum Gasteiger partial charge on any atom is -1.00 e. The van der Waals surface area contributed by atoms with Crippen molar-refractivity contribution in [3.05, 3.63) is 78.4 Å². The number of carbonyl (C=O) groups excluding carboxylic acids is 3. The van der Waals surface area contributed by atoms with Gasteiger partial charge in [0, 0.05) is 18.4 Å². The van der Waals surface area contributed by atoms with Gasteiger partial charge in [0.1, 0.15) is 17.8 Å². The lowest BCUT2D eigenvalue weighted by atomic mass is 10.0. The summed E-state index contributed by atoms with van der Waals surface area (Å²) in [4.78, 5) is 43.9. The van der Waals surface area contributed by atoms with Crippen LogP contribution in [0.4, 0.5) is 0 Å². The predicted octanol–water partition coefficient (Wildman–Crippen LogP) is -1.23. The number of nitrogens with one attached hydrogen (secondary N) is 3. The zero-order chi connectivity index (χ0) is 28.3. The first-order chi connectivity index (χ1) is 19.4. The van der Waals surface area contributed by atoms with Crippen molar-refractivity contribution in [1.82, 2.24) is 16.0 Å². The van der Waals surface area contributed by atoms with E-state index in [9.17, 15) is 14.4 Å². The molecule has 4 rings (SSSR count). The Labute approximate surface area is 245 Å². The second-order valence-electron chi connectivity index (χ2n) is 9.81. The van der Waals surface area contributed by atoms with Gasteiger partial charge in [-0.25, -0.2) is 4.79 Å². The normalized spacial score (nSPS) is 15.7. The van der Waals surface area contributed by atoms with E-state index >= 15 is 0 Å². The number of hydrogen-bond acceptors (Lipinski definition) is 6. The molecule has 0 spiro atoms. The summed E-state index contributed by atoms with van der Waals surface area (Å²) >= 11 is 0. The number of aliphatic imine (C=N–C) groups is 1. The van der Waals surface area contributed by atoms with Crippen LogP contribution in [0.15, 0.2) is 77.8 Å². The number of esters is 1. The average Bonchev–Trinajstić information content (AvgIpc) is 3.50. The molecule has 0 aromatic heterocycles. The fraction of sp³-hybridized carbons (Fsp3) is 0.333. The summed E-state index contributed by atoms with van der Waals surface area (Å²) in [5, 5.41) is 10.6. The average molecular weight is 580 g/mol. The fourth-order valence-corrected chi connectivity index (χ4v) is 4.73. The molecule has 10 nitrogen and oxygen atoms in total. The van der Waals surface area contributed by atoms with Crippen LogP contribution in [0.25, 0.3) is 10.8 Å². The molecule has 7 N–H and O–H groups in total. The van der Waals surface area contributed by atoms with Crippen molar-refractivity contribution in [3.8, 4) is 5.75 Å². The van der Waals surface area contributed by atoms with Crippen molar-refractivity contribution in [2.45, 2.75) is 50.2 Å². The first-order valence-corrected chi connectivity index (χ1v) is 13.5. The Morgan fingerprint density at radius 2 is 1.68 bits per heavy atom. The molecule has 1 aliphatic rings. The van der Waals surface area contributed by atoms with E-state index in [0.29, 0.717) is 18.6 Å². The minimum atomic E-state index is -0.986. The highest BCUT2D eigenvalue weighted by Gasteiger charge is 2.31. The van der Waals surface area contributed by atoms with Gasteiger partial charge in [-0.05, 0) is 49.2 Å². The van der Waals surface area contributed by atoms with Crippen molar-refractivity contribution >= 4 is 34.5 Å². The van der Waals surface area contributed by atoms with Crippen LogP contribution in [0.2, 0.25) is 0 Å². The Hall–Kier alpha value is -4.15. The van der Waals surface area contributed by atoms with Gasteiger partial charge in [-0.2, -0.15) is 0 Å². The van der Waals surface area contributed by atoms with Gasteiger partial charge in [-0.1, -0.05) is 66.7 Å². The van der Waals surface area contributed by atoms with Crippen molar-refractivity contribution in [2.75, 3.05) is 13.1 Å². The summed E-state index contributed by atoms with van der Waals surface area (Å²) < 4.78 is 5.79. The monoisotopic (exact) mass is 579 g/mol. The number of nitrogens with two attached hydrogens (primary N) is 2. The number of fused-ring (bicyclic) bond motifs is 1. The molecule has 0 bridgehead atoms. The smallest absolute Gasteiger partial charge is 0.334 e. The van der Waals surface area contributed by atoms with Gasteiger partial charge in [0.25, 0.3) is 0 Å². The molecule has 1 saturated heterocycles. The van der Waals surface area contributed by atoms with Crippen molar-refractivity contribution in [3.63, 3.8) is 0 Å². The van der Waals surface area contributed by atoms with Crippen molar-refractivity contribution in [2.24, 2.45) is 16.5 Å². The van der Waals surface area contributed by atoms with Crippen LogP contribution >= 0.6 is 0 Å². The highest BCUT2D eigenvalue weighted by atomic mass is 35.5. The maximum atomic E-state index is 13.6. The van der Waals surface area contributed by atoms with E-state index in [4.69, 9.17) is 16.2 Å². The van der Waals surface area contributed by atoms with Crippen molar-refractivity contribution < 1.29 is 31.5 Å². The predicted molar refractivity (Wildman–Crippen MR) is 155 cm³/mol. The molecule has 218 valence electrons. The van der Waals surface area contributed by atoms with E-state index < -0.39 is 24.0 Å². The third-order valence-corrected chi connectivity index (χ3v) is 6.80. The summed E-state index contributed by atoms with van der Waals surface area (Å²) in [6.45, 7) is 1.04. The van der Waals surface area contributed by atoms with E-state index in [0.717, 1.165) is 29.3 Å². The maximum Gasteiger partial charge on any atom is 0.334 e. The largest absolute Gasteiger partial charge is 1.00 e. The number of ether oxygens (including phenoxy) is 1. The van der Waals surface area contributed by atoms with E-state index in [1.165, 1.54) is 0 Å². The number of nitrogens with zero attached hydrogens (tertiary/aromatic N) is 1. The molecule has 0 saturated carbocycles. The summed E-state index contributed by atoms with van der Waals surface area (Å²) in [5.74, 6) is -0.983. The van der Waals surface area contributed by atoms with Crippen LogP contribution in [-0.2, 0) is 20.8 Å². The van der Waals surface area contributed by atoms with Crippen LogP contribution in [0.3, 0.4) is 0 Å². The van der Waals surface area contributed by atoms with E-state index in [-0.39, 0.29) is 49.7 Å². The van der Waals surface area contributed by atoms with Crippen LogP contribution < -0.4 is 44.6 Å². The number of guanidine groups is 1. The molecule has 0 unspecified atom stereocenters. The topological polar surface area (TPSA) is 161 Å². The first kappa shape index (κ1) is 31.4. The van der Waals surface area contributed by atoms with E-state index in [2.05, 4.69) is 20.9 Å². The Balaban J connectivity index is 0.00000462. The van der Waals surface area contributed by atoms with Gasteiger partial charge in [-0.15, -0.1) is 0 Å². The van der Waals surface area contributed by atoms with Crippen molar-refractivity contribution in [1.29, 1.82) is 0 Å². The lowest BCUT2D eigenvalue weighted by molar-refractivity contribution is -0.140. The molecular weight excluding hydrogens is 544 g/mol. The van der Waals surface area contributed by atoms with Crippen LogP contribution in [-0.4, -0.2) is 55.0 Å². The summed E-state index contributed by atoms with van der Waals surface area (Å²) in [5.41, 5.74) is 11.8. The van der Waals surface area contributed by atoms with Crippen LogP contribution in [0.1, 0.15) is 31.2 Å². The molecule has 41 heavy (non-hydrogen) atoms. The number of carbonyl (C=O) groups is 3. The molecule has 1 aliphatic heterocycles. The molecule has 11 heteroatoms. The van der Waals surface area contributed by atoms with Gasteiger partial charge in [-0.3, -0.25) is 14.6 Å². The number of amides is 2. The van der Waals surface area contributed by atoms with Gasteiger partial charge in [0.05, 0.1) is 6.04 Å². The SMILES string of the molecule is NC(N)=NCCC[C@@H](NC(=O)[C@@H](Cc1ccccc1)NC(=O)[C@H]1CCCN1)C(=O)Oc1cccc2ccccc12.[Cl-]. The quantitative estimate of drug-likeness (QED) is 0.0590. The third-order valence-electron chi connectivity index (χ3n) is 6.80. The Morgan fingerprint density at radius 3 is 2.41 bits per heavy atom. The Bertz CT molecular complexity index is 1340. The first-order valence-electron chi connectivity index (χ1n) is 13.5. The van der Waals surface area contributed by atoms with Gasteiger partial charge in [0.2, 0.25) is 11.8 Å². The fourth-order valence-electron chi connectivity index (χ4n) is 4.73. The van der Waals surface area contributed by atoms with E-state index in [1.54, 1.807) is 12.1 Å². The summed E-state index contributed by atoms with van der Waals surface area (Å²) in [7, 11) is 0. The number of benzene rings is 3. The van der Waals surface area contributed by atoms with E-state index in [1.807, 2.05) is 60.7 Å². The molecule has 1 heterocycles. The molecule has 3 atom stereocenters. The lowest BCUT2D eigenvalue weighted by Gasteiger charge is -2.24. The molecule has 1 fully saturated rings. The minimum absolute atomic E-state index is 0. The van der Waals surface area contributed by atoms with Gasteiger partial charge in [0.15, 0.2) is 5.96 Å². The summed E-state index contributed by atoms with van der Waals surface area (Å²) in [6, 6.07) is 20.2. The number of halogens is 1. The number of hydrogen-bond donors (Lipinski definition) is 5. The number of rotatable bonds is 12. The van der Waals surface area contributed by atoms with Gasteiger partial charge < -0.3 is 44.6 Å². The third kappa shape index (κ3) is 9.19. The molecule has 0 aliphatic carbocycles. The Morgan fingerprint density at radius 1 is 0.951 bits per heavy atom. The standard InChI is InChI=1S/C30H36N6O4.ClH/c31-30(32)34-18-8-15-24(29(39)40-26-16-6-12-21-11-4-5-13-22(21)26)35-28(38)25(19-20-9-2-1-3-10-20)36-27(37)23-14-7-17-33-23;/h1-6,9-13,16,23-25,33H,7-8,14-15,17-19H2,(H,35,38)(H,36,37)(H4,31,32,34);1H/p-1/t23-,24-,25-;/m1./s1. The second kappa shape index (κ2) is 15.6. The van der Waals surface area contributed by atoms with Gasteiger partial charge >= 0.3 is 5.97 Å². The summed E-state index contributed by atoms with van der Waals surface area (Å²) in [6.07, 6.45) is 2.53. The molecule has 3 aromatic carbocycles. The second-order valence-corrected chi connectivity index (χ2v) is 9.81. The lowest BCUT2D eigenvalue weighted by Crippen LogP contribution is -3.00. The molecule has 2 amide bonds. The van der Waals surface area contributed by atoms with Crippen LogP contribution in [0, 0.1) is 0 Å². The highest BCUT2D eigenvalue weighted by Crippen LogP contribution is 2.25. The molecular formula is C30H36ClN6O4-. The molecule has 0 radical (unpaired) electrons. The van der Waals surface area contributed by atoms with Crippen LogP contribution in [0.5, 0.6) is 5.75 Å². The Kier molecular flexibility index (Phi) is 11.9. The zero-order valence-electron chi connectivity index (χ0n) is 22.7. The maximum absolute atomic E-state index is 13.6. The zero-order valence-corrected chi connectivity index (χ0v) is 23.5. The highest BCUT2D eigenvalue weighted by molar-refractivity contribution is 5.94. The molecule has 3 aromatic rings.